The molecule has 0 unspecified atom stereocenters. The van der Waals surface area contributed by atoms with E-state index in [4.69, 9.17) is 0 Å². The van der Waals surface area contributed by atoms with Gasteiger partial charge >= 0.3 is 0 Å². The van der Waals surface area contributed by atoms with E-state index < -0.39 is 10.7 Å². The third-order valence-electron chi connectivity index (χ3n) is 3.52. The van der Waals surface area contributed by atoms with Crippen LogP contribution in [0.3, 0.4) is 0 Å². The molecule has 2 heterocycles. The summed E-state index contributed by atoms with van der Waals surface area (Å²) in [5, 5.41) is 14.4. The van der Waals surface area contributed by atoms with Crippen LogP contribution in [0.1, 0.15) is 9.67 Å². The van der Waals surface area contributed by atoms with E-state index in [0.29, 0.717) is 20.1 Å². The fourth-order valence-electron chi connectivity index (χ4n) is 2.38. The summed E-state index contributed by atoms with van der Waals surface area (Å²) in [6, 6.07) is 10.7. The van der Waals surface area contributed by atoms with Gasteiger partial charge in [-0.2, -0.15) is 0 Å². The molecule has 2 aromatic carbocycles. The van der Waals surface area contributed by atoms with E-state index in [2.05, 4.69) is 10.3 Å². The molecule has 0 saturated carbocycles. The maximum absolute atomic E-state index is 13.7. The van der Waals surface area contributed by atoms with Gasteiger partial charge in [-0.3, -0.25) is 20.2 Å². The number of fused-ring (bicyclic) bond motifs is 2. The Balaban J connectivity index is 1.64. The lowest BCUT2D eigenvalue weighted by atomic mass is 10.2. The number of carbonyl (C=O) groups excluding carboxylic acids is 1. The molecular formula is C16H8FN3O3S2. The van der Waals surface area contributed by atoms with Gasteiger partial charge < -0.3 is 0 Å². The molecule has 0 atom stereocenters. The molecule has 0 aliphatic rings. The Morgan fingerprint density at radius 3 is 2.76 bits per heavy atom. The molecule has 4 rings (SSSR count). The summed E-state index contributed by atoms with van der Waals surface area (Å²) in [5.74, 6) is -0.827. The Bertz CT molecular complexity index is 1150. The van der Waals surface area contributed by atoms with Gasteiger partial charge in [0.25, 0.3) is 11.6 Å². The van der Waals surface area contributed by atoms with E-state index in [1.54, 1.807) is 24.3 Å². The van der Waals surface area contributed by atoms with E-state index in [1.807, 2.05) is 0 Å². The van der Waals surface area contributed by atoms with Crippen LogP contribution in [0.15, 0.2) is 42.5 Å². The number of benzene rings is 2. The highest BCUT2D eigenvalue weighted by molar-refractivity contribution is 7.23. The number of thiazole rings is 1. The summed E-state index contributed by atoms with van der Waals surface area (Å²) >= 11 is 2.40. The average Bonchev–Trinajstić information content (AvgIpc) is 3.18. The second-order valence-electron chi connectivity index (χ2n) is 5.15. The summed E-state index contributed by atoms with van der Waals surface area (Å²) in [5.41, 5.74) is 0.189. The fraction of sp³-hybridized carbons (Fsp3) is 0. The number of nitro benzene ring substituents is 1. The molecule has 1 amide bonds. The van der Waals surface area contributed by atoms with Crippen molar-refractivity contribution >= 4 is 59.7 Å². The van der Waals surface area contributed by atoms with E-state index in [1.165, 1.54) is 40.9 Å². The van der Waals surface area contributed by atoms with Gasteiger partial charge in [0.05, 0.1) is 14.5 Å². The molecule has 1 N–H and O–H groups in total. The van der Waals surface area contributed by atoms with Gasteiger partial charge in [-0.25, -0.2) is 9.37 Å². The number of carbonyl (C=O) groups is 1. The lowest BCUT2D eigenvalue weighted by Gasteiger charge is -1.96. The smallest absolute Gasteiger partial charge is 0.270 e. The molecular weight excluding hydrogens is 365 g/mol. The van der Waals surface area contributed by atoms with Crippen LogP contribution >= 0.6 is 22.7 Å². The van der Waals surface area contributed by atoms with Crippen molar-refractivity contribution in [2.24, 2.45) is 0 Å². The fourth-order valence-corrected chi connectivity index (χ4v) is 4.20. The minimum Gasteiger partial charge on any atom is -0.297 e. The number of aromatic nitrogens is 1. The Hall–Kier alpha value is -2.91. The molecule has 6 nitrogen and oxygen atoms in total. The van der Waals surface area contributed by atoms with Crippen molar-refractivity contribution in [3.8, 4) is 0 Å². The number of anilines is 1. The van der Waals surface area contributed by atoms with Crippen LogP contribution in [0.5, 0.6) is 0 Å². The van der Waals surface area contributed by atoms with Crippen molar-refractivity contribution in [3.05, 3.63) is 63.3 Å². The first kappa shape index (κ1) is 15.6. The van der Waals surface area contributed by atoms with E-state index in [-0.39, 0.29) is 17.1 Å². The van der Waals surface area contributed by atoms with Gasteiger partial charge in [0, 0.05) is 22.2 Å². The summed E-state index contributed by atoms with van der Waals surface area (Å²) in [6.45, 7) is 0. The third kappa shape index (κ3) is 2.83. The lowest BCUT2D eigenvalue weighted by molar-refractivity contribution is -0.384. The standard InChI is InChI=1S/C16H8FN3O3S2/c17-10-2-1-3-12-14(10)18-16(25-12)19-15(21)13-7-8-6-9(20(22)23)4-5-11(8)24-13/h1-7H,(H,18,19,21). The molecule has 25 heavy (non-hydrogen) atoms. The monoisotopic (exact) mass is 373 g/mol. The molecule has 124 valence electrons. The maximum atomic E-state index is 13.7. The topological polar surface area (TPSA) is 85.1 Å². The highest BCUT2D eigenvalue weighted by Gasteiger charge is 2.15. The number of non-ortho nitro benzene ring substituents is 1. The van der Waals surface area contributed by atoms with Crippen molar-refractivity contribution in [1.82, 2.24) is 4.98 Å². The van der Waals surface area contributed by atoms with Crippen molar-refractivity contribution in [2.45, 2.75) is 0 Å². The first-order valence-electron chi connectivity index (χ1n) is 7.05. The molecule has 0 fully saturated rings. The summed E-state index contributed by atoms with van der Waals surface area (Å²) in [6.07, 6.45) is 0. The van der Waals surface area contributed by atoms with Gasteiger partial charge in [-0.15, -0.1) is 11.3 Å². The Labute approximate surface area is 147 Å². The zero-order chi connectivity index (χ0) is 17.6. The number of amides is 1. The van der Waals surface area contributed by atoms with Crippen LogP contribution in [-0.2, 0) is 0 Å². The van der Waals surface area contributed by atoms with Crippen molar-refractivity contribution in [2.75, 3.05) is 5.32 Å². The molecule has 4 aromatic rings. The number of thiophene rings is 1. The van der Waals surface area contributed by atoms with Gasteiger partial charge in [0.1, 0.15) is 11.3 Å². The lowest BCUT2D eigenvalue weighted by Crippen LogP contribution is -2.09. The van der Waals surface area contributed by atoms with Gasteiger partial charge in [-0.1, -0.05) is 17.4 Å². The zero-order valence-corrected chi connectivity index (χ0v) is 14.0. The SMILES string of the molecule is O=C(Nc1nc2c(F)cccc2s1)c1cc2cc([N+](=O)[O-])ccc2s1. The van der Waals surface area contributed by atoms with E-state index in [9.17, 15) is 19.3 Å². The number of nitrogens with zero attached hydrogens (tertiary/aromatic N) is 2. The first-order valence-corrected chi connectivity index (χ1v) is 8.69. The third-order valence-corrected chi connectivity index (χ3v) is 5.58. The summed E-state index contributed by atoms with van der Waals surface area (Å²) in [7, 11) is 0. The van der Waals surface area contributed by atoms with Crippen LogP contribution in [0, 0.1) is 15.9 Å². The highest BCUT2D eigenvalue weighted by atomic mass is 32.1. The van der Waals surface area contributed by atoms with Crippen molar-refractivity contribution in [3.63, 3.8) is 0 Å². The normalized spacial score (nSPS) is 11.1. The molecule has 0 bridgehead atoms. The number of hydrogen-bond donors (Lipinski definition) is 1. The first-order chi connectivity index (χ1) is 12.0. The van der Waals surface area contributed by atoms with E-state index >= 15 is 0 Å². The highest BCUT2D eigenvalue weighted by Crippen LogP contribution is 2.31. The molecule has 2 aromatic heterocycles. The maximum Gasteiger partial charge on any atom is 0.270 e. The number of nitro groups is 1. The number of halogens is 1. The second kappa shape index (κ2) is 5.87. The average molecular weight is 373 g/mol. The van der Waals surface area contributed by atoms with Crippen LogP contribution in [0.25, 0.3) is 20.3 Å². The predicted octanol–water partition coefficient (Wildman–Crippen LogP) is 4.81. The predicted molar refractivity (Wildman–Crippen MR) is 96.0 cm³/mol. The second-order valence-corrected chi connectivity index (χ2v) is 7.26. The van der Waals surface area contributed by atoms with Crippen LogP contribution in [-0.4, -0.2) is 15.8 Å². The van der Waals surface area contributed by atoms with Crippen LogP contribution < -0.4 is 5.32 Å². The van der Waals surface area contributed by atoms with Crippen molar-refractivity contribution < 1.29 is 14.1 Å². The van der Waals surface area contributed by atoms with Crippen LogP contribution in [0.4, 0.5) is 15.2 Å². The van der Waals surface area contributed by atoms with Gasteiger partial charge in [0.2, 0.25) is 0 Å². The number of rotatable bonds is 3. The van der Waals surface area contributed by atoms with E-state index in [0.717, 1.165) is 4.70 Å². The number of para-hydroxylation sites is 1. The minimum atomic E-state index is -0.480. The summed E-state index contributed by atoms with van der Waals surface area (Å²) < 4.78 is 15.1. The van der Waals surface area contributed by atoms with Crippen LogP contribution in [0.2, 0.25) is 0 Å². The number of hydrogen-bond acceptors (Lipinski definition) is 6. The number of nitrogens with one attached hydrogen (secondary N) is 1. The molecule has 0 saturated heterocycles. The molecule has 0 radical (unpaired) electrons. The Morgan fingerprint density at radius 1 is 1.16 bits per heavy atom. The van der Waals surface area contributed by atoms with Gasteiger partial charge in [-0.05, 0) is 24.3 Å². The summed E-state index contributed by atoms with van der Waals surface area (Å²) in [4.78, 5) is 27.2. The zero-order valence-electron chi connectivity index (χ0n) is 12.4. The Kier molecular flexibility index (Phi) is 3.66. The molecule has 0 aliphatic carbocycles. The van der Waals surface area contributed by atoms with Gasteiger partial charge in [0.15, 0.2) is 5.13 Å². The largest absolute Gasteiger partial charge is 0.297 e. The minimum absolute atomic E-state index is 0.0288. The Morgan fingerprint density at radius 2 is 2.00 bits per heavy atom. The van der Waals surface area contributed by atoms with Crippen molar-refractivity contribution in [1.29, 1.82) is 0 Å². The quantitative estimate of drug-likeness (QED) is 0.412. The molecule has 0 aliphatic heterocycles. The molecule has 0 spiro atoms. The molecule has 9 heteroatoms.